The highest BCUT2D eigenvalue weighted by Crippen LogP contribution is 2.08. The van der Waals surface area contributed by atoms with Gasteiger partial charge in [-0.05, 0) is 19.4 Å². The van der Waals surface area contributed by atoms with Crippen LogP contribution in [0.2, 0.25) is 0 Å². The number of ketones is 1. The Labute approximate surface area is 94.6 Å². The van der Waals surface area contributed by atoms with Crippen LogP contribution in [0.15, 0.2) is 36.5 Å². The maximum atomic E-state index is 11.5. The molecule has 0 unspecified atom stereocenters. The van der Waals surface area contributed by atoms with Crippen LogP contribution >= 0.6 is 0 Å². The molecule has 0 aliphatic carbocycles. The standard InChI is InChI=1S/C12H18O.C2H6/c1-5-7-8-12(13)11(6-2)9-10(3)4;1-2/h6,9H,2-3,5,7-8H2,1,4H3;1-2H3/b11-9+;. The minimum Gasteiger partial charge on any atom is -0.294 e. The Morgan fingerprint density at radius 1 is 1.33 bits per heavy atom. The van der Waals surface area contributed by atoms with Crippen molar-refractivity contribution >= 4 is 5.78 Å². The Bertz CT molecular complexity index is 234. The van der Waals surface area contributed by atoms with E-state index in [0.29, 0.717) is 12.0 Å². The first-order chi connectivity index (χ1) is 7.11. The number of carbonyl (C=O) groups excluding carboxylic acids is 1. The number of allylic oxidation sites excluding steroid dienone is 4. The molecule has 0 aliphatic rings. The summed E-state index contributed by atoms with van der Waals surface area (Å²) in [6.07, 6.45) is 5.99. The van der Waals surface area contributed by atoms with Gasteiger partial charge >= 0.3 is 0 Å². The van der Waals surface area contributed by atoms with Gasteiger partial charge in [0.15, 0.2) is 5.78 Å². The average molecular weight is 208 g/mol. The third kappa shape index (κ3) is 9.20. The lowest BCUT2D eigenvalue weighted by atomic mass is 10.0. The van der Waals surface area contributed by atoms with Gasteiger partial charge in [-0.3, -0.25) is 4.79 Å². The number of rotatable bonds is 6. The molecule has 1 nitrogen and oxygen atoms in total. The van der Waals surface area contributed by atoms with Gasteiger partial charge in [0.1, 0.15) is 0 Å². The summed E-state index contributed by atoms with van der Waals surface area (Å²) >= 11 is 0. The summed E-state index contributed by atoms with van der Waals surface area (Å²) in [6.45, 7) is 15.3. The Balaban J connectivity index is 0. The summed E-state index contributed by atoms with van der Waals surface area (Å²) in [6, 6.07) is 0. The molecule has 0 rings (SSSR count). The van der Waals surface area contributed by atoms with Crippen molar-refractivity contribution in [2.75, 3.05) is 0 Å². The number of hydrogen-bond donors (Lipinski definition) is 0. The van der Waals surface area contributed by atoms with Gasteiger partial charge < -0.3 is 0 Å². The van der Waals surface area contributed by atoms with Crippen molar-refractivity contribution in [1.29, 1.82) is 0 Å². The van der Waals surface area contributed by atoms with E-state index in [2.05, 4.69) is 20.1 Å². The van der Waals surface area contributed by atoms with Crippen molar-refractivity contribution in [2.45, 2.75) is 47.0 Å². The molecule has 15 heavy (non-hydrogen) atoms. The number of carbonyl (C=O) groups is 1. The van der Waals surface area contributed by atoms with Gasteiger partial charge in [0.2, 0.25) is 0 Å². The number of unbranched alkanes of at least 4 members (excludes halogenated alkanes) is 1. The van der Waals surface area contributed by atoms with E-state index >= 15 is 0 Å². The second-order valence-electron chi connectivity index (χ2n) is 3.18. The van der Waals surface area contributed by atoms with Gasteiger partial charge in [-0.1, -0.05) is 52.0 Å². The molecule has 0 amide bonds. The van der Waals surface area contributed by atoms with Crippen molar-refractivity contribution in [2.24, 2.45) is 0 Å². The molecule has 0 saturated heterocycles. The van der Waals surface area contributed by atoms with Crippen LogP contribution in [-0.4, -0.2) is 5.78 Å². The molecule has 0 bridgehead atoms. The summed E-state index contributed by atoms with van der Waals surface area (Å²) in [5, 5.41) is 0. The molecule has 0 fully saturated rings. The van der Waals surface area contributed by atoms with Gasteiger partial charge in [-0.15, -0.1) is 0 Å². The van der Waals surface area contributed by atoms with E-state index in [0.717, 1.165) is 18.4 Å². The highest BCUT2D eigenvalue weighted by Gasteiger charge is 2.04. The summed E-state index contributed by atoms with van der Waals surface area (Å²) in [5.41, 5.74) is 1.57. The van der Waals surface area contributed by atoms with Crippen LogP contribution in [0.4, 0.5) is 0 Å². The first-order valence-electron chi connectivity index (χ1n) is 5.64. The van der Waals surface area contributed by atoms with E-state index in [1.54, 1.807) is 12.2 Å². The van der Waals surface area contributed by atoms with E-state index < -0.39 is 0 Å². The zero-order valence-corrected chi connectivity index (χ0v) is 10.6. The minimum atomic E-state index is 0.167. The average Bonchev–Trinajstić information content (AvgIpc) is 2.25. The fourth-order valence-corrected chi connectivity index (χ4v) is 1.00. The fourth-order valence-electron chi connectivity index (χ4n) is 1.00. The lowest BCUT2D eigenvalue weighted by Crippen LogP contribution is -1.99. The van der Waals surface area contributed by atoms with Gasteiger partial charge in [0.25, 0.3) is 0 Å². The van der Waals surface area contributed by atoms with E-state index in [1.807, 2.05) is 20.8 Å². The molecule has 1 heteroatoms. The summed E-state index contributed by atoms with van der Waals surface area (Å²) in [7, 11) is 0. The lowest BCUT2D eigenvalue weighted by Gasteiger charge is -2.00. The van der Waals surface area contributed by atoms with Crippen LogP contribution in [0.3, 0.4) is 0 Å². The van der Waals surface area contributed by atoms with Gasteiger partial charge in [-0.2, -0.15) is 0 Å². The fraction of sp³-hybridized carbons (Fsp3) is 0.500. The SMILES string of the molecule is C=C/C(=C\C(=C)C)C(=O)CCCC.CC. The van der Waals surface area contributed by atoms with Crippen molar-refractivity contribution in [1.82, 2.24) is 0 Å². The molecule has 0 aromatic carbocycles. The zero-order valence-electron chi connectivity index (χ0n) is 10.6. The Hall–Kier alpha value is -1.11. The predicted octanol–water partition coefficient (Wildman–Crippen LogP) is 4.46. The molecular weight excluding hydrogens is 184 g/mol. The third-order valence-corrected chi connectivity index (χ3v) is 1.70. The normalized spacial score (nSPS) is 10.0. The van der Waals surface area contributed by atoms with Gasteiger partial charge in [-0.25, -0.2) is 0 Å². The van der Waals surface area contributed by atoms with Gasteiger partial charge in [0.05, 0.1) is 0 Å². The minimum absolute atomic E-state index is 0.167. The molecule has 0 radical (unpaired) electrons. The largest absolute Gasteiger partial charge is 0.294 e. The van der Waals surface area contributed by atoms with Crippen molar-refractivity contribution in [3.63, 3.8) is 0 Å². The van der Waals surface area contributed by atoms with E-state index in [-0.39, 0.29) is 5.78 Å². The van der Waals surface area contributed by atoms with Crippen LogP contribution < -0.4 is 0 Å². The first kappa shape index (κ1) is 16.3. The molecule has 0 spiro atoms. The molecule has 0 heterocycles. The number of Topliss-reactive ketones (excluding diaryl/α,β-unsaturated/α-hetero) is 1. The molecule has 0 atom stereocenters. The molecule has 0 saturated carbocycles. The quantitative estimate of drug-likeness (QED) is 0.465. The molecule has 0 N–H and O–H groups in total. The highest BCUT2D eigenvalue weighted by atomic mass is 16.1. The van der Waals surface area contributed by atoms with Crippen molar-refractivity contribution < 1.29 is 4.79 Å². The van der Waals surface area contributed by atoms with Crippen LogP contribution in [0.1, 0.15) is 47.0 Å². The van der Waals surface area contributed by atoms with Crippen LogP contribution in [-0.2, 0) is 4.79 Å². The highest BCUT2D eigenvalue weighted by molar-refractivity contribution is 5.98. The lowest BCUT2D eigenvalue weighted by molar-refractivity contribution is -0.115. The molecule has 0 aromatic rings. The van der Waals surface area contributed by atoms with E-state index in [9.17, 15) is 4.79 Å². The first-order valence-corrected chi connectivity index (χ1v) is 5.64. The Morgan fingerprint density at radius 2 is 1.87 bits per heavy atom. The second-order valence-corrected chi connectivity index (χ2v) is 3.18. The Kier molecular flexibility index (Phi) is 11.9. The summed E-state index contributed by atoms with van der Waals surface area (Å²) < 4.78 is 0. The molecule has 86 valence electrons. The maximum Gasteiger partial charge on any atom is 0.162 e. The number of hydrogen-bond acceptors (Lipinski definition) is 1. The van der Waals surface area contributed by atoms with Crippen LogP contribution in [0.25, 0.3) is 0 Å². The third-order valence-electron chi connectivity index (χ3n) is 1.70. The van der Waals surface area contributed by atoms with Crippen molar-refractivity contribution in [3.8, 4) is 0 Å². The maximum absolute atomic E-state index is 11.5. The second kappa shape index (κ2) is 11.0. The van der Waals surface area contributed by atoms with Crippen molar-refractivity contribution in [3.05, 3.63) is 36.5 Å². The summed E-state index contributed by atoms with van der Waals surface area (Å²) in [4.78, 5) is 11.5. The van der Waals surface area contributed by atoms with E-state index in [4.69, 9.17) is 0 Å². The Morgan fingerprint density at radius 3 is 2.20 bits per heavy atom. The summed E-state index contributed by atoms with van der Waals surface area (Å²) in [5.74, 6) is 0.167. The van der Waals surface area contributed by atoms with Crippen LogP contribution in [0, 0.1) is 0 Å². The van der Waals surface area contributed by atoms with Crippen LogP contribution in [0.5, 0.6) is 0 Å². The zero-order chi connectivity index (χ0) is 12.3. The monoisotopic (exact) mass is 208 g/mol. The molecule has 0 aliphatic heterocycles. The van der Waals surface area contributed by atoms with Gasteiger partial charge in [0, 0.05) is 12.0 Å². The topological polar surface area (TPSA) is 17.1 Å². The molecule has 0 aromatic heterocycles. The predicted molar refractivity (Wildman–Crippen MR) is 69.0 cm³/mol. The smallest absolute Gasteiger partial charge is 0.162 e. The van der Waals surface area contributed by atoms with E-state index in [1.165, 1.54) is 0 Å². The molecular formula is C14H24O.